The van der Waals surface area contributed by atoms with Crippen molar-refractivity contribution in [3.05, 3.63) is 0 Å². The molecule has 2 fully saturated rings. The summed E-state index contributed by atoms with van der Waals surface area (Å²) in [6.07, 6.45) is 2.23. The summed E-state index contributed by atoms with van der Waals surface area (Å²) in [5.74, 6) is 0.753. The number of hydrogen-bond donors (Lipinski definition) is 1. The summed E-state index contributed by atoms with van der Waals surface area (Å²) >= 11 is 5.69. The van der Waals surface area contributed by atoms with E-state index in [0.717, 1.165) is 38.4 Å². The van der Waals surface area contributed by atoms with E-state index in [1.807, 2.05) is 0 Å². The molecule has 1 saturated heterocycles. The van der Waals surface area contributed by atoms with Crippen molar-refractivity contribution in [2.45, 2.75) is 23.9 Å². The van der Waals surface area contributed by atoms with Crippen LogP contribution in [0.1, 0.15) is 12.8 Å². The molecule has 2 atom stereocenters. The number of piperidine rings is 1. The van der Waals surface area contributed by atoms with Crippen LogP contribution in [0.4, 0.5) is 0 Å². The van der Waals surface area contributed by atoms with E-state index in [1.54, 1.807) is 0 Å². The van der Waals surface area contributed by atoms with Crippen LogP contribution in [0.15, 0.2) is 0 Å². The van der Waals surface area contributed by atoms with Gasteiger partial charge in [0.2, 0.25) is 0 Å². The maximum atomic E-state index is 6.33. The maximum absolute atomic E-state index is 6.33. The number of nitrogens with zero attached hydrogens (tertiary/aromatic N) is 2. The Hall–Kier alpha value is 0.170. The topological polar surface area (TPSA) is 32.5 Å². The first-order valence-electron chi connectivity index (χ1n) is 5.29. The summed E-state index contributed by atoms with van der Waals surface area (Å²) in [6, 6.07) is 0. The van der Waals surface area contributed by atoms with Gasteiger partial charge in [0, 0.05) is 19.0 Å². The largest absolute Gasteiger partial charge is 0.322 e. The van der Waals surface area contributed by atoms with Gasteiger partial charge in [-0.3, -0.25) is 4.90 Å². The third kappa shape index (κ3) is 1.38. The predicted molar refractivity (Wildman–Crippen MR) is 59.7 cm³/mol. The first kappa shape index (κ1) is 10.7. The highest BCUT2D eigenvalue weighted by atomic mass is 35.5. The van der Waals surface area contributed by atoms with Crippen LogP contribution in [0.25, 0.3) is 0 Å². The number of halogens is 1. The lowest BCUT2D eigenvalue weighted by Crippen LogP contribution is -2.43. The van der Waals surface area contributed by atoms with E-state index >= 15 is 0 Å². The van der Waals surface area contributed by atoms with Crippen molar-refractivity contribution in [2.24, 2.45) is 5.73 Å². The number of likely N-dealkylation sites (tertiary alicyclic amines) is 1. The fraction of sp³-hybridized carbons (Fsp3) is 1.00. The fourth-order valence-corrected chi connectivity index (χ4v) is 3.02. The van der Waals surface area contributed by atoms with E-state index in [0.29, 0.717) is 0 Å². The van der Waals surface area contributed by atoms with Gasteiger partial charge in [0.05, 0.1) is 11.1 Å². The molecule has 1 saturated carbocycles. The number of fused-ring (bicyclic) bond motifs is 1. The molecule has 0 spiro atoms. The zero-order chi connectivity index (χ0) is 10.4. The second-order valence-electron chi connectivity index (χ2n) is 5.01. The normalized spacial score (nSPS) is 41.8. The van der Waals surface area contributed by atoms with Gasteiger partial charge < -0.3 is 10.6 Å². The van der Waals surface area contributed by atoms with Gasteiger partial charge >= 0.3 is 0 Å². The molecule has 2 N–H and O–H groups in total. The van der Waals surface area contributed by atoms with Crippen molar-refractivity contribution in [1.82, 2.24) is 9.80 Å². The van der Waals surface area contributed by atoms with Crippen LogP contribution in [0.3, 0.4) is 0 Å². The lowest BCUT2D eigenvalue weighted by molar-refractivity contribution is 0.219. The molecule has 1 aliphatic heterocycles. The van der Waals surface area contributed by atoms with Gasteiger partial charge in [-0.15, -0.1) is 11.6 Å². The third-order valence-corrected chi connectivity index (χ3v) is 4.13. The molecule has 0 unspecified atom stereocenters. The van der Waals surface area contributed by atoms with Gasteiger partial charge in [0.1, 0.15) is 0 Å². The maximum Gasteiger partial charge on any atom is 0.0542 e. The molecular formula is C10H20ClN3. The highest BCUT2D eigenvalue weighted by Crippen LogP contribution is 2.54. The van der Waals surface area contributed by atoms with Gasteiger partial charge in [0.15, 0.2) is 0 Å². The Bertz CT molecular complexity index is 233. The fourth-order valence-electron chi connectivity index (χ4n) is 2.91. The quantitative estimate of drug-likeness (QED) is 0.690. The number of nitrogens with two attached hydrogens (primary N) is 1. The first-order valence-corrected chi connectivity index (χ1v) is 5.82. The minimum absolute atomic E-state index is 0.0583. The molecule has 14 heavy (non-hydrogen) atoms. The van der Waals surface area contributed by atoms with Crippen LogP contribution in [0.2, 0.25) is 0 Å². The van der Waals surface area contributed by atoms with Crippen molar-refractivity contribution in [1.29, 1.82) is 0 Å². The third-order valence-electron chi connectivity index (χ3n) is 3.86. The Kier molecular flexibility index (Phi) is 2.55. The van der Waals surface area contributed by atoms with Crippen molar-refractivity contribution >= 4 is 11.6 Å². The van der Waals surface area contributed by atoms with Crippen LogP contribution < -0.4 is 5.73 Å². The monoisotopic (exact) mass is 217 g/mol. The van der Waals surface area contributed by atoms with E-state index in [1.165, 1.54) is 0 Å². The second-order valence-corrected chi connectivity index (χ2v) is 5.39. The molecule has 3 nitrogen and oxygen atoms in total. The highest BCUT2D eigenvalue weighted by molar-refractivity contribution is 6.17. The lowest BCUT2D eigenvalue weighted by Gasteiger charge is -2.25. The Morgan fingerprint density at radius 3 is 2.64 bits per heavy atom. The minimum atomic E-state index is 0.0583. The minimum Gasteiger partial charge on any atom is -0.322 e. The molecule has 1 heterocycles. The van der Waals surface area contributed by atoms with Crippen LogP contribution in [0.5, 0.6) is 0 Å². The molecule has 82 valence electrons. The van der Waals surface area contributed by atoms with Gasteiger partial charge in [0.25, 0.3) is 0 Å². The molecule has 1 aliphatic carbocycles. The standard InChI is InChI=1S/C10H20ClN3/c1-13(2)10-6-9(10,12)7-14(8-10)5-3-4-11/h3-8,12H2,1-2H3/t9-,10+/m1/s1. The van der Waals surface area contributed by atoms with Gasteiger partial charge in [-0.05, 0) is 33.5 Å². The Morgan fingerprint density at radius 1 is 1.43 bits per heavy atom. The highest BCUT2D eigenvalue weighted by Gasteiger charge is 2.71. The summed E-state index contributed by atoms with van der Waals surface area (Å²) < 4.78 is 0. The zero-order valence-corrected chi connectivity index (χ0v) is 9.85. The summed E-state index contributed by atoms with van der Waals surface area (Å²) in [4.78, 5) is 4.75. The number of alkyl halides is 1. The number of likely N-dealkylation sites (N-methyl/N-ethyl adjacent to an activating group) is 1. The smallest absolute Gasteiger partial charge is 0.0542 e. The molecule has 0 bridgehead atoms. The second kappa shape index (κ2) is 3.34. The van der Waals surface area contributed by atoms with Crippen LogP contribution in [-0.4, -0.2) is 60.5 Å². The Balaban J connectivity index is 1.94. The molecule has 0 aromatic heterocycles. The molecule has 2 rings (SSSR count). The van der Waals surface area contributed by atoms with Crippen molar-refractivity contribution in [2.75, 3.05) is 39.6 Å². The van der Waals surface area contributed by atoms with Crippen LogP contribution >= 0.6 is 11.6 Å². The van der Waals surface area contributed by atoms with E-state index in [4.69, 9.17) is 17.3 Å². The number of rotatable bonds is 4. The Morgan fingerprint density at radius 2 is 2.14 bits per heavy atom. The van der Waals surface area contributed by atoms with Gasteiger partial charge in [-0.2, -0.15) is 0 Å². The van der Waals surface area contributed by atoms with E-state index < -0.39 is 0 Å². The van der Waals surface area contributed by atoms with Crippen molar-refractivity contribution in [3.8, 4) is 0 Å². The van der Waals surface area contributed by atoms with E-state index in [2.05, 4.69) is 23.9 Å². The van der Waals surface area contributed by atoms with E-state index in [9.17, 15) is 0 Å². The van der Waals surface area contributed by atoms with Crippen molar-refractivity contribution < 1.29 is 0 Å². The SMILES string of the molecule is CN(C)[C@@]12CN(CCCCl)C[C@]1(N)C2. The Labute approximate surface area is 91.2 Å². The van der Waals surface area contributed by atoms with Crippen molar-refractivity contribution in [3.63, 3.8) is 0 Å². The molecule has 0 aromatic rings. The van der Waals surface area contributed by atoms with Gasteiger partial charge in [-0.25, -0.2) is 0 Å². The summed E-state index contributed by atoms with van der Waals surface area (Å²) in [5.41, 5.74) is 6.66. The predicted octanol–water partition coefficient (Wildman–Crippen LogP) is 0.333. The first-order chi connectivity index (χ1) is 6.54. The molecule has 0 aromatic carbocycles. The number of hydrogen-bond acceptors (Lipinski definition) is 3. The summed E-state index contributed by atoms with van der Waals surface area (Å²) in [7, 11) is 4.28. The molecule has 0 amide bonds. The van der Waals surface area contributed by atoms with Crippen LogP contribution in [0, 0.1) is 0 Å². The van der Waals surface area contributed by atoms with Crippen LogP contribution in [-0.2, 0) is 0 Å². The molecule has 2 aliphatic rings. The average molecular weight is 218 g/mol. The zero-order valence-electron chi connectivity index (χ0n) is 9.09. The molecular weight excluding hydrogens is 198 g/mol. The molecule has 0 radical (unpaired) electrons. The summed E-state index contributed by atoms with van der Waals surface area (Å²) in [5, 5.41) is 0. The van der Waals surface area contributed by atoms with Gasteiger partial charge in [-0.1, -0.05) is 0 Å². The van der Waals surface area contributed by atoms with E-state index in [-0.39, 0.29) is 11.1 Å². The lowest BCUT2D eigenvalue weighted by atomic mass is 10.2. The molecule has 4 heteroatoms. The summed E-state index contributed by atoms with van der Waals surface area (Å²) in [6.45, 7) is 3.26. The average Bonchev–Trinajstić information content (AvgIpc) is 2.59.